The molecule has 1 N–H and O–H groups in total. The number of fused-ring (bicyclic) bond motifs is 3. The van der Waals surface area contributed by atoms with Crippen LogP contribution in [0.2, 0.25) is 0 Å². The fourth-order valence-electron chi connectivity index (χ4n) is 5.11. The second kappa shape index (κ2) is 6.82. The SMILES string of the molecule is C[C@@H]1CCCC[C@@H]1n1c(=O)n(CC2CCOCC2)c2cnc3[nH]ccc3c21. The van der Waals surface area contributed by atoms with Gasteiger partial charge in [-0.15, -0.1) is 0 Å². The Hall–Kier alpha value is -2.08. The van der Waals surface area contributed by atoms with Crippen LogP contribution in [0.25, 0.3) is 22.1 Å². The molecule has 6 nitrogen and oxygen atoms in total. The number of aromatic nitrogens is 4. The van der Waals surface area contributed by atoms with E-state index < -0.39 is 0 Å². The quantitative estimate of drug-likeness (QED) is 0.763. The molecule has 1 saturated carbocycles. The summed E-state index contributed by atoms with van der Waals surface area (Å²) < 4.78 is 9.61. The summed E-state index contributed by atoms with van der Waals surface area (Å²) in [5.41, 5.74) is 3.06. The third-order valence-corrected chi connectivity index (χ3v) is 6.69. The lowest BCUT2D eigenvalue weighted by Crippen LogP contribution is -2.33. The number of H-pyrrole nitrogens is 1. The van der Waals surface area contributed by atoms with Crippen molar-refractivity contribution in [3.63, 3.8) is 0 Å². The van der Waals surface area contributed by atoms with Crippen LogP contribution in [0.5, 0.6) is 0 Å². The molecule has 5 rings (SSSR count). The highest BCUT2D eigenvalue weighted by Gasteiger charge is 2.29. The molecule has 0 unspecified atom stereocenters. The molecule has 3 aromatic heterocycles. The molecule has 2 aliphatic rings. The zero-order chi connectivity index (χ0) is 18.4. The van der Waals surface area contributed by atoms with Gasteiger partial charge in [0, 0.05) is 37.4 Å². The number of ether oxygens (including phenoxy) is 1. The molecule has 2 fully saturated rings. The van der Waals surface area contributed by atoms with Gasteiger partial charge in [-0.3, -0.25) is 9.13 Å². The predicted octanol–water partition coefficient (Wildman–Crippen LogP) is 3.86. The van der Waals surface area contributed by atoms with Gasteiger partial charge in [0.1, 0.15) is 5.65 Å². The van der Waals surface area contributed by atoms with Crippen LogP contribution in [0.1, 0.15) is 51.5 Å². The van der Waals surface area contributed by atoms with Gasteiger partial charge in [-0.2, -0.15) is 0 Å². The third kappa shape index (κ3) is 2.81. The smallest absolute Gasteiger partial charge is 0.329 e. The highest BCUT2D eigenvalue weighted by atomic mass is 16.5. The van der Waals surface area contributed by atoms with Crippen LogP contribution in [0.3, 0.4) is 0 Å². The van der Waals surface area contributed by atoms with Crippen molar-refractivity contribution in [2.75, 3.05) is 13.2 Å². The molecule has 2 atom stereocenters. The Morgan fingerprint density at radius 2 is 2.04 bits per heavy atom. The van der Waals surface area contributed by atoms with Gasteiger partial charge in [0.05, 0.1) is 17.2 Å². The van der Waals surface area contributed by atoms with Crippen molar-refractivity contribution in [2.45, 2.75) is 58.0 Å². The lowest BCUT2D eigenvalue weighted by atomic mass is 9.85. The normalized spacial score (nSPS) is 24.8. The third-order valence-electron chi connectivity index (χ3n) is 6.69. The molecule has 27 heavy (non-hydrogen) atoms. The summed E-state index contributed by atoms with van der Waals surface area (Å²) in [7, 11) is 0. The lowest BCUT2D eigenvalue weighted by Gasteiger charge is -2.30. The van der Waals surface area contributed by atoms with E-state index >= 15 is 0 Å². The number of aromatic amines is 1. The first kappa shape index (κ1) is 17.0. The van der Waals surface area contributed by atoms with E-state index in [9.17, 15) is 4.79 Å². The summed E-state index contributed by atoms with van der Waals surface area (Å²) in [6.07, 6.45) is 10.6. The Kier molecular flexibility index (Phi) is 4.31. The topological polar surface area (TPSA) is 64.8 Å². The molecule has 144 valence electrons. The van der Waals surface area contributed by atoms with Crippen LogP contribution in [0.15, 0.2) is 23.3 Å². The fourth-order valence-corrected chi connectivity index (χ4v) is 5.11. The zero-order valence-corrected chi connectivity index (χ0v) is 16.0. The number of imidazole rings is 1. The maximum absolute atomic E-state index is 13.6. The summed E-state index contributed by atoms with van der Waals surface area (Å²) in [6, 6.07) is 2.34. The minimum absolute atomic E-state index is 0.144. The molecular weight excluding hydrogens is 340 g/mol. The largest absolute Gasteiger partial charge is 0.381 e. The first-order chi connectivity index (χ1) is 13.2. The van der Waals surface area contributed by atoms with Gasteiger partial charge < -0.3 is 9.72 Å². The maximum atomic E-state index is 13.6. The van der Waals surface area contributed by atoms with Gasteiger partial charge in [0.2, 0.25) is 0 Å². The molecule has 0 amide bonds. The van der Waals surface area contributed by atoms with Crippen molar-refractivity contribution in [3.05, 3.63) is 28.9 Å². The average Bonchev–Trinajstić information content (AvgIpc) is 3.27. The van der Waals surface area contributed by atoms with Crippen LogP contribution in [0.4, 0.5) is 0 Å². The summed E-state index contributed by atoms with van der Waals surface area (Å²) >= 11 is 0. The van der Waals surface area contributed by atoms with E-state index in [1.54, 1.807) is 0 Å². The molecule has 3 aromatic rings. The van der Waals surface area contributed by atoms with Crippen LogP contribution in [0, 0.1) is 11.8 Å². The van der Waals surface area contributed by atoms with E-state index in [0.717, 1.165) is 61.1 Å². The number of nitrogens with one attached hydrogen (secondary N) is 1. The minimum Gasteiger partial charge on any atom is -0.381 e. The number of hydrogen-bond donors (Lipinski definition) is 1. The van der Waals surface area contributed by atoms with E-state index in [1.165, 1.54) is 19.3 Å². The van der Waals surface area contributed by atoms with Gasteiger partial charge in [0.15, 0.2) is 0 Å². The van der Waals surface area contributed by atoms with E-state index in [2.05, 4.69) is 27.5 Å². The number of hydrogen-bond acceptors (Lipinski definition) is 3. The monoisotopic (exact) mass is 368 g/mol. The first-order valence-electron chi connectivity index (χ1n) is 10.4. The Morgan fingerprint density at radius 3 is 2.85 bits per heavy atom. The second-order valence-corrected chi connectivity index (χ2v) is 8.38. The summed E-state index contributed by atoms with van der Waals surface area (Å²) in [5, 5.41) is 1.06. The Balaban J connectivity index is 1.70. The van der Waals surface area contributed by atoms with Crippen molar-refractivity contribution >= 4 is 22.1 Å². The molecule has 0 bridgehead atoms. The van der Waals surface area contributed by atoms with Gasteiger partial charge in [-0.1, -0.05) is 19.8 Å². The zero-order valence-electron chi connectivity index (χ0n) is 16.0. The van der Waals surface area contributed by atoms with E-state index in [1.807, 2.05) is 17.0 Å². The molecule has 1 aliphatic carbocycles. The Labute approximate surface area is 158 Å². The summed E-state index contributed by atoms with van der Waals surface area (Å²) in [4.78, 5) is 21.4. The van der Waals surface area contributed by atoms with Crippen molar-refractivity contribution in [3.8, 4) is 0 Å². The molecule has 1 saturated heterocycles. The number of rotatable bonds is 3. The number of nitrogens with zero attached hydrogens (tertiary/aromatic N) is 3. The van der Waals surface area contributed by atoms with Gasteiger partial charge in [-0.25, -0.2) is 9.78 Å². The molecule has 0 spiro atoms. The van der Waals surface area contributed by atoms with Crippen molar-refractivity contribution in [2.24, 2.45) is 11.8 Å². The number of pyridine rings is 1. The minimum atomic E-state index is 0.144. The van der Waals surface area contributed by atoms with Crippen molar-refractivity contribution in [1.82, 2.24) is 19.1 Å². The highest BCUT2D eigenvalue weighted by Crippen LogP contribution is 2.36. The molecule has 0 aromatic carbocycles. The van der Waals surface area contributed by atoms with Gasteiger partial charge in [-0.05, 0) is 43.6 Å². The maximum Gasteiger partial charge on any atom is 0.329 e. The van der Waals surface area contributed by atoms with Crippen LogP contribution in [-0.2, 0) is 11.3 Å². The fraction of sp³-hybridized carbons (Fsp3) is 0.619. The highest BCUT2D eigenvalue weighted by molar-refractivity contribution is 6.01. The van der Waals surface area contributed by atoms with E-state index in [0.29, 0.717) is 11.8 Å². The summed E-state index contributed by atoms with van der Waals surface area (Å²) in [5.74, 6) is 1.03. The van der Waals surface area contributed by atoms with Gasteiger partial charge >= 0.3 is 5.69 Å². The van der Waals surface area contributed by atoms with Gasteiger partial charge in [0.25, 0.3) is 0 Å². The van der Waals surface area contributed by atoms with Crippen molar-refractivity contribution < 1.29 is 4.74 Å². The average molecular weight is 368 g/mol. The Morgan fingerprint density at radius 1 is 1.22 bits per heavy atom. The molecule has 0 radical (unpaired) electrons. The lowest BCUT2D eigenvalue weighted by molar-refractivity contribution is 0.0612. The first-order valence-corrected chi connectivity index (χ1v) is 10.4. The van der Waals surface area contributed by atoms with Crippen molar-refractivity contribution in [1.29, 1.82) is 0 Å². The van der Waals surface area contributed by atoms with Crippen LogP contribution >= 0.6 is 0 Å². The summed E-state index contributed by atoms with van der Waals surface area (Å²) in [6.45, 7) is 4.67. The van der Waals surface area contributed by atoms with E-state index in [4.69, 9.17) is 4.74 Å². The standard InChI is InChI=1S/C21H28N4O2/c1-14-4-2-3-5-17(14)25-19-16-6-9-22-20(16)23-12-18(19)24(21(25)26)13-15-7-10-27-11-8-15/h6,9,12,14-15,17H,2-5,7-8,10-11,13H2,1H3,(H,22,23)/t14-,17+/m1/s1. The Bertz CT molecular complexity index is 1010. The molecule has 6 heteroatoms. The molecule has 1 aliphatic heterocycles. The molecule has 4 heterocycles. The second-order valence-electron chi connectivity index (χ2n) is 8.38. The van der Waals surface area contributed by atoms with Crippen LogP contribution < -0.4 is 5.69 Å². The van der Waals surface area contributed by atoms with E-state index in [-0.39, 0.29) is 11.7 Å². The predicted molar refractivity (Wildman–Crippen MR) is 106 cm³/mol. The molecular formula is C21H28N4O2. The van der Waals surface area contributed by atoms with Crippen LogP contribution in [-0.4, -0.2) is 32.3 Å².